The number of allylic oxidation sites excluding steroid dienone is 1. The second-order valence-corrected chi connectivity index (χ2v) is 5.48. The highest BCUT2D eigenvalue weighted by atomic mass is 16.5. The zero-order chi connectivity index (χ0) is 12.4. The van der Waals surface area contributed by atoms with Crippen LogP contribution in [0.15, 0.2) is 36.4 Å². The van der Waals surface area contributed by atoms with Gasteiger partial charge >= 0.3 is 0 Å². The van der Waals surface area contributed by atoms with Crippen molar-refractivity contribution in [3.05, 3.63) is 47.5 Å². The molecule has 3 atom stereocenters. The Morgan fingerprint density at radius 1 is 1.33 bits per heavy atom. The lowest BCUT2D eigenvalue weighted by Gasteiger charge is -2.40. The Balaban J connectivity index is 1.53. The van der Waals surface area contributed by atoms with Gasteiger partial charge in [0.1, 0.15) is 0 Å². The monoisotopic (exact) mass is 243 g/mol. The van der Waals surface area contributed by atoms with E-state index in [0.29, 0.717) is 12.6 Å². The van der Waals surface area contributed by atoms with Gasteiger partial charge < -0.3 is 10.1 Å². The molecule has 1 saturated carbocycles. The van der Waals surface area contributed by atoms with Crippen LogP contribution in [0, 0.1) is 11.8 Å². The Morgan fingerprint density at radius 2 is 2.22 bits per heavy atom. The molecule has 96 valence electrons. The van der Waals surface area contributed by atoms with Crippen LogP contribution in [0.2, 0.25) is 0 Å². The average Bonchev–Trinajstić information content (AvgIpc) is 2.72. The van der Waals surface area contributed by atoms with Crippen molar-refractivity contribution in [3.8, 4) is 0 Å². The smallest absolute Gasteiger partial charge is 0.0713 e. The van der Waals surface area contributed by atoms with Crippen molar-refractivity contribution in [1.82, 2.24) is 5.32 Å². The number of rotatable bonds is 5. The quantitative estimate of drug-likeness (QED) is 0.803. The van der Waals surface area contributed by atoms with E-state index < -0.39 is 0 Å². The molecule has 0 aromatic heterocycles. The van der Waals surface area contributed by atoms with Crippen LogP contribution in [0.25, 0.3) is 0 Å². The molecule has 1 fully saturated rings. The summed E-state index contributed by atoms with van der Waals surface area (Å²) in [6, 6.07) is 9.35. The standard InChI is InChI=1S/C16H21NO/c1-18-11-13-5-2-4-12(8-13)10-17-16-9-14-6-3-7-15(14)16/h2-5,7-8,14-17H,6,9-11H2,1H3. The largest absolute Gasteiger partial charge is 0.380 e. The van der Waals surface area contributed by atoms with Crippen molar-refractivity contribution in [2.75, 3.05) is 7.11 Å². The van der Waals surface area contributed by atoms with Gasteiger partial charge in [-0.3, -0.25) is 0 Å². The lowest BCUT2D eigenvalue weighted by Crippen LogP contribution is -2.47. The van der Waals surface area contributed by atoms with E-state index in [-0.39, 0.29) is 0 Å². The summed E-state index contributed by atoms with van der Waals surface area (Å²) >= 11 is 0. The first-order valence-corrected chi connectivity index (χ1v) is 6.83. The highest BCUT2D eigenvalue weighted by Crippen LogP contribution is 2.42. The van der Waals surface area contributed by atoms with Crippen molar-refractivity contribution in [2.45, 2.75) is 32.0 Å². The maximum Gasteiger partial charge on any atom is 0.0713 e. The van der Waals surface area contributed by atoms with Crippen LogP contribution in [0.5, 0.6) is 0 Å². The summed E-state index contributed by atoms with van der Waals surface area (Å²) in [5.41, 5.74) is 2.61. The van der Waals surface area contributed by atoms with Gasteiger partial charge in [-0.15, -0.1) is 0 Å². The molecule has 2 aliphatic carbocycles. The third-order valence-electron chi connectivity index (χ3n) is 4.23. The van der Waals surface area contributed by atoms with E-state index in [4.69, 9.17) is 4.74 Å². The minimum Gasteiger partial charge on any atom is -0.380 e. The summed E-state index contributed by atoms with van der Waals surface area (Å²) in [7, 11) is 1.74. The van der Waals surface area contributed by atoms with Gasteiger partial charge in [0.15, 0.2) is 0 Å². The summed E-state index contributed by atoms with van der Waals surface area (Å²) in [4.78, 5) is 0. The molecular formula is C16H21NO. The topological polar surface area (TPSA) is 21.3 Å². The van der Waals surface area contributed by atoms with Crippen LogP contribution in [0.3, 0.4) is 0 Å². The van der Waals surface area contributed by atoms with Crippen LogP contribution in [0.1, 0.15) is 24.0 Å². The fraction of sp³-hybridized carbons (Fsp3) is 0.500. The Hall–Kier alpha value is -1.12. The molecule has 1 aromatic rings. The molecule has 2 aliphatic rings. The number of ether oxygens (including phenoxy) is 1. The van der Waals surface area contributed by atoms with Gasteiger partial charge in [-0.25, -0.2) is 0 Å². The molecule has 1 N–H and O–H groups in total. The van der Waals surface area contributed by atoms with Crippen molar-refractivity contribution in [2.24, 2.45) is 11.8 Å². The number of methoxy groups -OCH3 is 1. The first kappa shape index (κ1) is 11.9. The molecule has 18 heavy (non-hydrogen) atoms. The molecule has 0 aliphatic heterocycles. The minimum absolute atomic E-state index is 0.694. The number of benzene rings is 1. The highest BCUT2D eigenvalue weighted by molar-refractivity contribution is 5.23. The number of hydrogen-bond acceptors (Lipinski definition) is 2. The fourth-order valence-corrected chi connectivity index (χ4v) is 3.19. The van der Waals surface area contributed by atoms with Gasteiger partial charge in [0.25, 0.3) is 0 Å². The molecule has 2 heteroatoms. The van der Waals surface area contributed by atoms with E-state index in [1.807, 2.05) is 0 Å². The Morgan fingerprint density at radius 3 is 3.06 bits per heavy atom. The van der Waals surface area contributed by atoms with E-state index in [1.165, 1.54) is 24.0 Å². The molecule has 0 spiro atoms. The second-order valence-electron chi connectivity index (χ2n) is 5.48. The predicted octanol–water partition coefficient (Wildman–Crippen LogP) is 2.89. The van der Waals surface area contributed by atoms with E-state index in [0.717, 1.165) is 18.4 Å². The van der Waals surface area contributed by atoms with Crippen molar-refractivity contribution in [1.29, 1.82) is 0 Å². The number of hydrogen-bond donors (Lipinski definition) is 1. The summed E-state index contributed by atoms with van der Waals surface area (Å²) in [5.74, 6) is 1.73. The van der Waals surface area contributed by atoms with E-state index in [2.05, 4.69) is 41.7 Å². The maximum absolute atomic E-state index is 5.17. The zero-order valence-electron chi connectivity index (χ0n) is 10.9. The van der Waals surface area contributed by atoms with Gasteiger partial charge in [0.2, 0.25) is 0 Å². The average molecular weight is 243 g/mol. The lowest BCUT2D eigenvalue weighted by atomic mass is 9.71. The van der Waals surface area contributed by atoms with Crippen molar-refractivity contribution >= 4 is 0 Å². The summed E-state index contributed by atoms with van der Waals surface area (Å²) in [5, 5.41) is 3.68. The first-order valence-electron chi connectivity index (χ1n) is 6.83. The van der Waals surface area contributed by atoms with Crippen molar-refractivity contribution in [3.63, 3.8) is 0 Å². The van der Waals surface area contributed by atoms with Crippen LogP contribution >= 0.6 is 0 Å². The van der Waals surface area contributed by atoms with Gasteiger partial charge in [-0.2, -0.15) is 0 Å². The highest BCUT2D eigenvalue weighted by Gasteiger charge is 2.40. The molecule has 0 heterocycles. The predicted molar refractivity (Wildman–Crippen MR) is 73.1 cm³/mol. The van der Waals surface area contributed by atoms with Crippen LogP contribution in [-0.2, 0) is 17.9 Å². The van der Waals surface area contributed by atoms with E-state index in [1.54, 1.807) is 7.11 Å². The third kappa shape index (κ3) is 2.36. The molecule has 0 saturated heterocycles. The van der Waals surface area contributed by atoms with Crippen LogP contribution < -0.4 is 5.32 Å². The van der Waals surface area contributed by atoms with Gasteiger partial charge in [0.05, 0.1) is 6.61 Å². The molecular weight excluding hydrogens is 222 g/mol. The third-order valence-corrected chi connectivity index (χ3v) is 4.23. The van der Waals surface area contributed by atoms with Gasteiger partial charge in [-0.1, -0.05) is 36.4 Å². The number of nitrogens with one attached hydrogen (secondary N) is 1. The Bertz CT molecular complexity index is 440. The zero-order valence-corrected chi connectivity index (χ0v) is 10.9. The fourth-order valence-electron chi connectivity index (χ4n) is 3.19. The molecule has 0 amide bonds. The van der Waals surface area contributed by atoms with E-state index >= 15 is 0 Å². The summed E-state index contributed by atoms with van der Waals surface area (Å²) < 4.78 is 5.17. The molecule has 0 bridgehead atoms. The van der Waals surface area contributed by atoms with Gasteiger partial charge in [-0.05, 0) is 35.8 Å². The number of fused-ring (bicyclic) bond motifs is 1. The summed E-state index contributed by atoms with van der Waals surface area (Å²) in [6.45, 7) is 1.67. The first-order chi connectivity index (χ1) is 8.86. The van der Waals surface area contributed by atoms with Crippen molar-refractivity contribution < 1.29 is 4.74 Å². The normalized spacial score (nSPS) is 29.1. The van der Waals surface area contributed by atoms with E-state index in [9.17, 15) is 0 Å². The lowest BCUT2D eigenvalue weighted by molar-refractivity contribution is 0.162. The minimum atomic E-state index is 0.694. The van der Waals surface area contributed by atoms with Crippen LogP contribution in [-0.4, -0.2) is 13.2 Å². The molecule has 2 nitrogen and oxygen atoms in total. The summed E-state index contributed by atoms with van der Waals surface area (Å²) in [6.07, 6.45) is 7.38. The molecule has 1 aromatic carbocycles. The van der Waals surface area contributed by atoms with Gasteiger partial charge in [0, 0.05) is 19.7 Å². The van der Waals surface area contributed by atoms with Crippen LogP contribution in [0.4, 0.5) is 0 Å². The Kier molecular flexibility index (Phi) is 3.48. The maximum atomic E-state index is 5.17. The molecule has 0 radical (unpaired) electrons. The Labute approximate surface area is 109 Å². The SMILES string of the molecule is COCc1cccc(CNC2CC3CC=CC32)c1. The molecule has 3 rings (SSSR count). The molecule has 3 unspecified atom stereocenters. The second kappa shape index (κ2) is 5.25.